The highest BCUT2D eigenvalue weighted by Crippen LogP contribution is 2.39. The Balaban J connectivity index is 1.83. The van der Waals surface area contributed by atoms with Crippen molar-refractivity contribution in [3.8, 4) is 0 Å². The van der Waals surface area contributed by atoms with Crippen LogP contribution < -0.4 is 5.73 Å². The lowest BCUT2D eigenvalue weighted by Gasteiger charge is -2.38. The summed E-state index contributed by atoms with van der Waals surface area (Å²) in [5.41, 5.74) is 4.72. The van der Waals surface area contributed by atoms with Gasteiger partial charge in [0.25, 0.3) is 0 Å². The van der Waals surface area contributed by atoms with Crippen LogP contribution >= 0.6 is 0 Å². The molecule has 1 saturated carbocycles. The molecule has 1 atom stereocenters. The van der Waals surface area contributed by atoms with Gasteiger partial charge in [0.15, 0.2) is 0 Å². The molecule has 1 heterocycles. The lowest BCUT2D eigenvalue weighted by atomic mass is 9.93. The largest absolute Gasteiger partial charge is 0.480 e. The van der Waals surface area contributed by atoms with E-state index in [-0.39, 0.29) is 12.5 Å². The van der Waals surface area contributed by atoms with Crippen LogP contribution in [0.3, 0.4) is 0 Å². The fourth-order valence-electron chi connectivity index (χ4n) is 2.70. The molecule has 0 aromatic carbocycles. The topological polar surface area (TPSA) is 69.8 Å². The van der Waals surface area contributed by atoms with E-state index in [2.05, 4.69) is 0 Å². The van der Waals surface area contributed by atoms with Crippen molar-refractivity contribution in [2.45, 2.75) is 24.6 Å². The van der Waals surface area contributed by atoms with E-state index >= 15 is 0 Å². The smallest absolute Gasteiger partial charge is 0.401 e. The number of nitrogens with two attached hydrogens (primary N) is 1. The van der Waals surface area contributed by atoms with Crippen LogP contribution in [0.4, 0.5) is 13.2 Å². The van der Waals surface area contributed by atoms with E-state index in [4.69, 9.17) is 5.73 Å². The highest BCUT2D eigenvalue weighted by atomic mass is 19.4. The van der Waals surface area contributed by atoms with Gasteiger partial charge in [0.2, 0.25) is 0 Å². The van der Waals surface area contributed by atoms with Crippen LogP contribution in [-0.2, 0) is 4.79 Å². The number of nitrogens with zero attached hydrogens (tertiary/aromatic N) is 2. The molecule has 0 amide bonds. The van der Waals surface area contributed by atoms with Crippen molar-refractivity contribution in [1.82, 2.24) is 9.80 Å². The zero-order chi connectivity index (χ0) is 15.0. The number of halogens is 3. The summed E-state index contributed by atoms with van der Waals surface area (Å²) in [6, 6.07) is 0. The average Bonchev–Trinajstić information content (AvgIpc) is 3.13. The van der Waals surface area contributed by atoms with E-state index in [9.17, 15) is 23.1 Å². The first-order valence-corrected chi connectivity index (χ1v) is 6.74. The number of hydrogen-bond donors (Lipinski definition) is 2. The second-order valence-corrected chi connectivity index (χ2v) is 5.79. The summed E-state index contributed by atoms with van der Waals surface area (Å²) in [5, 5.41) is 9.27. The molecule has 2 fully saturated rings. The van der Waals surface area contributed by atoms with Gasteiger partial charge in [-0.2, -0.15) is 13.2 Å². The molecule has 2 aliphatic rings. The van der Waals surface area contributed by atoms with Crippen LogP contribution in [-0.4, -0.2) is 71.9 Å². The maximum atomic E-state index is 12.3. The van der Waals surface area contributed by atoms with E-state index < -0.39 is 24.2 Å². The Kier molecular flexibility index (Phi) is 4.27. The molecule has 1 aliphatic heterocycles. The third-order valence-corrected chi connectivity index (χ3v) is 4.06. The lowest BCUT2D eigenvalue weighted by Crippen LogP contribution is -2.61. The van der Waals surface area contributed by atoms with Gasteiger partial charge in [-0.15, -0.1) is 0 Å². The van der Waals surface area contributed by atoms with Crippen molar-refractivity contribution < 1.29 is 23.1 Å². The van der Waals surface area contributed by atoms with Crippen LogP contribution in [0.25, 0.3) is 0 Å². The molecule has 0 aromatic heterocycles. The summed E-state index contributed by atoms with van der Waals surface area (Å²) in [5.74, 6) is -1.02. The molecule has 1 unspecified atom stereocenters. The number of carboxylic acids is 1. The first-order chi connectivity index (χ1) is 9.21. The Morgan fingerprint density at radius 1 is 1.10 bits per heavy atom. The van der Waals surface area contributed by atoms with Gasteiger partial charge in [0.1, 0.15) is 5.54 Å². The first kappa shape index (κ1) is 15.5. The fraction of sp³-hybridized carbons (Fsp3) is 0.917. The zero-order valence-electron chi connectivity index (χ0n) is 11.2. The number of carbonyl (C=O) groups is 1. The normalized spacial score (nSPS) is 25.4. The van der Waals surface area contributed by atoms with E-state index in [0.717, 1.165) is 12.8 Å². The Hall–Kier alpha value is -0.860. The number of alkyl halides is 3. The van der Waals surface area contributed by atoms with Crippen molar-refractivity contribution in [3.05, 3.63) is 0 Å². The second-order valence-electron chi connectivity index (χ2n) is 5.79. The molecule has 2 rings (SSSR count). The van der Waals surface area contributed by atoms with E-state index in [1.807, 2.05) is 4.90 Å². The minimum absolute atomic E-state index is 0.00629. The molecular weight excluding hydrogens is 275 g/mol. The maximum absolute atomic E-state index is 12.3. The monoisotopic (exact) mass is 295 g/mol. The Morgan fingerprint density at radius 3 is 1.90 bits per heavy atom. The Morgan fingerprint density at radius 2 is 1.55 bits per heavy atom. The van der Waals surface area contributed by atoms with Gasteiger partial charge in [-0.3, -0.25) is 14.6 Å². The summed E-state index contributed by atoms with van der Waals surface area (Å²) in [4.78, 5) is 14.5. The first-order valence-electron chi connectivity index (χ1n) is 6.74. The van der Waals surface area contributed by atoms with Gasteiger partial charge in [-0.25, -0.2) is 0 Å². The number of piperazine rings is 1. The SMILES string of the molecule is NC(CN1CCN(CC(F)(F)F)CC1)(C(=O)O)C1CC1. The maximum Gasteiger partial charge on any atom is 0.401 e. The van der Waals surface area contributed by atoms with E-state index in [1.165, 1.54) is 4.90 Å². The van der Waals surface area contributed by atoms with Crippen molar-refractivity contribution in [1.29, 1.82) is 0 Å². The minimum Gasteiger partial charge on any atom is -0.480 e. The van der Waals surface area contributed by atoms with E-state index in [0.29, 0.717) is 26.2 Å². The van der Waals surface area contributed by atoms with Crippen molar-refractivity contribution >= 4 is 5.97 Å². The summed E-state index contributed by atoms with van der Waals surface area (Å²) in [6.07, 6.45) is -2.55. The molecule has 116 valence electrons. The Bertz CT molecular complexity index is 365. The average molecular weight is 295 g/mol. The van der Waals surface area contributed by atoms with Gasteiger partial charge < -0.3 is 10.8 Å². The highest BCUT2D eigenvalue weighted by Gasteiger charge is 2.49. The summed E-state index contributed by atoms with van der Waals surface area (Å²) < 4.78 is 36.8. The fourth-order valence-corrected chi connectivity index (χ4v) is 2.70. The Labute approximate surface area is 115 Å². The third-order valence-electron chi connectivity index (χ3n) is 4.06. The van der Waals surface area contributed by atoms with Gasteiger partial charge in [0.05, 0.1) is 6.54 Å². The molecular formula is C12H20F3N3O2. The van der Waals surface area contributed by atoms with Crippen molar-refractivity contribution in [2.24, 2.45) is 11.7 Å². The number of hydrogen-bond acceptors (Lipinski definition) is 4. The van der Waals surface area contributed by atoms with Gasteiger partial charge in [-0.1, -0.05) is 0 Å². The predicted octanol–water partition coefficient (Wildman–Crippen LogP) is 0.358. The molecule has 1 aliphatic carbocycles. The van der Waals surface area contributed by atoms with Gasteiger partial charge in [-0.05, 0) is 18.8 Å². The van der Waals surface area contributed by atoms with Crippen LogP contribution in [0.5, 0.6) is 0 Å². The molecule has 0 radical (unpaired) electrons. The number of rotatable bonds is 5. The van der Waals surface area contributed by atoms with E-state index in [1.54, 1.807) is 0 Å². The van der Waals surface area contributed by atoms with Crippen LogP contribution in [0, 0.1) is 5.92 Å². The second kappa shape index (κ2) is 5.50. The van der Waals surface area contributed by atoms with Crippen LogP contribution in [0.1, 0.15) is 12.8 Å². The quantitative estimate of drug-likeness (QED) is 0.766. The highest BCUT2D eigenvalue weighted by molar-refractivity contribution is 5.79. The standard InChI is InChI=1S/C12H20F3N3O2/c13-12(14,15)8-18-5-3-17(4-6-18)7-11(16,10(19)20)9-1-2-9/h9H,1-8,16H2,(H,19,20). The predicted molar refractivity (Wildman–Crippen MR) is 66.2 cm³/mol. The molecule has 1 saturated heterocycles. The third kappa shape index (κ3) is 3.83. The molecule has 3 N–H and O–H groups in total. The summed E-state index contributed by atoms with van der Waals surface area (Å²) in [6.45, 7) is 0.743. The lowest BCUT2D eigenvalue weighted by molar-refractivity contribution is -0.150. The molecule has 0 bridgehead atoms. The van der Waals surface area contributed by atoms with Gasteiger partial charge >= 0.3 is 12.1 Å². The van der Waals surface area contributed by atoms with Gasteiger partial charge in [0, 0.05) is 32.7 Å². The molecule has 20 heavy (non-hydrogen) atoms. The summed E-state index contributed by atoms with van der Waals surface area (Å²) >= 11 is 0. The van der Waals surface area contributed by atoms with Crippen LogP contribution in [0.15, 0.2) is 0 Å². The molecule has 8 heteroatoms. The van der Waals surface area contributed by atoms with Crippen LogP contribution in [0.2, 0.25) is 0 Å². The summed E-state index contributed by atoms with van der Waals surface area (Å²) in [7, 11) is 0. The minimum atomic E-state index is -4.19. The molecule has 0 aromatic rings. The molecule has 5 nitrogen and oxygen atoms in total. The number of carboxylic acid groups (broad SMARTS) is 1. The molecule has 0 spiro atoms. The number of aliphatic carboxylic acids is 1. The van der Waals surface area contributed by atoms with Crippen molar-refractivity contribution in [2.75, 3.05) is 39.3 Å². The zero-order valence-corrected chi connectivity index (χ0v) is 11.2. The van der Waals surface area contributed by atoms with Crippen molar-refractivity contribution in [3.63, 3.8) is 0 Å².